The first kappa shape index (κ1) is 12.6. The highest BCUT2D eigenvalue weighted by Crippen LogP contribution is 2.41. The molecule has 1 aromatic rings. The third-order valence-electron chi connectivity index (χ3n) is 3.54. The van der Waals surface area contributed by atoms with Gasteiger partial charge in [0.1, 0.15) is 0 Å². The molecule has 17 heavy (non-hydrogen) atoms. The molecule has 0 amide bonds. The van der Waals surface area contributed by atoms with Gasteiger partial charge in [-0.1, -0.05) is 41.1 Å². The van der Waals surface area contributed by atoms with Crippen molar-refractivity contribution in [1.29, 1.82) is 0 Å². The van der Waals surface area contributed by atoms with Crippen molar-refractivity contribution in [3.05, 3.63) is 39.9 Å². The molecule has 0 spiro atoms. The van der Waals surface area contributed by atoms with E-state index < -0.39 is 0 Å². The van der Waals surface area contributed by atoms with Crippen molar-refractivity contribution < 1.29 is 4.92 Å². The van der Waals surface area contributed by atoms with E-state index in [1.165, 1.54) is 12.8 Å². The van der Waals surface area contributed by atoms with Gasteiger partial charge in [-0.15, -0.1) is 0 Å². The van der Waals surface area contributed by atoms with E-state index >= 15 is 0 Å². The van der Waals surface area contributed by atoms with Crippen LogP contribution in [0, 0.1) is 22.0 Å². The molecule has 2 rings (SSSR count). The second-order valence-electron chi connectivity index (χ2n) is 4.80. The van der Waals surface area contributed by atoms with Crippen LogP contribution >= 0.6 is 15.9 Å². The number of rotatable bonds is 5. The van der Waals surface area contributed by atoms with Crippen LogP contribution in [0.15, 0.2) is 24.3 Å². The van der Waals surface area contributed by atoms with Crippen LogP contribution in [-0.2, 0) is 6.42 Å². The molecule has 1 aliphatic carbocycles. The highest BCUT2D eigenvalue weighted by molar-refractivity contribution is 9.09. The average Bonchev–Trinajstić information content (AvgIpc) is 3.12. The van der Waals surface area contributed by atoms with E-state index in [4.69, 9.17) is 0 Å². The maximum absolute atomic E-state index is 10.9. The molecule has 3 nitrogen and oxygen atoms in total. The predicted octanol–water partition coefficient (Wildman–Crippen LogP) is 3.95. The van der Waals surface area contributed by atoms with Gasteiger partial charge in [0, 0.05) is 16.5 Å². The minimum absolute atomic E-state index is 0.236. The van der Waals surface area contributed by atoms with Crippen LogP contribution in [0.3, 0.4) is 0 Å². The first-order valence-electron chi connectivity index (χ1n) is 5.96. The topological polar surface area (TPSA) is 43.1 Å². The minimum atomic E-state index is -0.295. The van der Waals surface area contributed by atoms with Gasteiger partial charge in [0.15, 0.2) is 0 Å². The zero-order valence-corrected chi connectivity index (χ0v) is 11.4. The van der Waals surface area contributed by atoms with Gasteiger partial charge in [-0.3, -0.25) is 10.1 Å². The molecule has 0 saturated heterocycles. The third-order valence-corrected chi connectivity index (χ3v) is 4.70. The molecule has 0 radical (unpaired) electrons. The van der Waals surface area contributed by atoms with E-state index in [2.05, 4.69) is 22.9 Å². The monoisotopic (exact) mass is 297 g/mol. The Kier molecular flexibility index (Phi) is 3.82. The third kappa shape index (κ3) is 3.06. The van der Waals surface area contributed by atoms with Crippen molar-refractivity contribution in [3.8, 4) is 0 Å². The lowest BCUT2D eigenvalue weighted by atomic mass is 9.96. The van der Waals surface area contributed by atoms with E-state index in [0.717, 1.165) is 17.9 Å². The standard InChI is InChI=1S/C13H16BrNO2/c1-9(10-6-7-10)12(14)8-11-4-2-3-5-13(11)15(16)17/h2-5,9-10,12H,6-8H2,1H3. The van der Waals surface area contributed by atoms with E-state index in [9.17, 15) is 10.1 Å². The number of hydrogen-bond acceptors (Lipinski definition) is 2. The van der Waals surface area contributed by atoms with Crippen LogP contribution in [0.5, 0.6) is 0 Å². The van der Waals surface area contributed by atoms with Crippen molar-refractivity contribution in [3.63, 3.8) is 0 Å². The molecular weight excluding hydrogens is 282 g/mol. The molecule has 1 aliphatic rings. The molecule has 0 bridgehead atoms. The van der Waals surface area contributed by atoms with Crippen molar-refractivity contribution in [2.45, 2.75) is 31.0 Å². The van der Waals surface area contributed by atoms with Crippen LogP contribution in [0.4, 0.5) is 5.69 Å². The number of benzene rings is 1. The Labute approximate surface area is 110 Å². The zero-order valence-electron chi connectivity index (χ0n) is 9.80. The summed E-state index contributed by atoms with van der Waals surface area (Å²) in [5, 5.41) is 10.9. The lowest BCUT2D eigenvalue weighted by Crippen LogP contribution is -2.16. The number of halogens is 1. The molecule has 2 unspecified atom stereocenters. The van der Waals surface area contributed by atoms with Crippen LogP contribution in [0.25, 0.3) is 0 Å². The van der Waals surface area contributed by atoms with Crippen LogP contribution in [-0.4, -0.2) is 9.75 Å². The molecule has 0 aliphatic heterocycles. The van der Waals surface area contributed by atoms with Gasteiger partial charge >= 0.3 is 0 Å². The van der Waals surface area contributed by atoms with Crippen molar-refractivity contribution in [1.82, 2.24) is 0 Å². The summed E-state index contributed by atoms with van der Waals surface area (Å²) in [5.74, 6) is 1.40. The van der Waals surface area contributed by atoms with Gasteiger partial charge in [0.05, 0.1) is 4.92 Å². The number of alkyl halides is 1. The molecule has 2 atom stereocenters. The minimum Gasteiger partial charge on any atom is -0.258 e. The summed E-state index contributed by atoms with van der Waals surface area (Å²) in [6.45, 7) is 2.23. The van der Waals surface area contributed by atoms with Crippen molar-refractivity contribution in [2.24, 2.45) is 11.8 Å². The maximum atomic E-state index is 10.9. The normalized spacial score (nSPS) is 18.7. The lowest BCUT2D eigenvalue weighted by Gasteiger charge is -2.17. The van der Waals surface area contributed by atoms with Gasteiger partial charge in [-0.25, -0.2) is 0 Å². The number of hydrogen-bond donors (Lipinski definition) is 0. The first-order chi connectivity index (χ1) is 8.09. The number of para-hydroxylation sites is 1. The van der Waals surface area contributed by atoms with Crippen molar-refractivity contribution >= 4 is 21.6 Å². The summed E-state index contributed by atoms with van der Waals surface area (Å²) >= 11 is 3.68. The van der Waals surface area contributed by atoms with Crippen LogP contribution < -0.4 is 0 Å². The molecular formula is C13H16BrNO2. The van der Waals surface area contributed by atoms with E-state index in [1.54, 1.807) is 12.1 Å². The van der Waals surface area contributed by atoms with E-state index in [1.807, 2.05) is 12.1 Å². The Morgan fingerprint density at radius 3 is 2.71 bits per heavy atom. The van der Waals surface area contributed by atoms with E-state index in [-0.39, 0.29) is 10.6 Å². The van der Waals surface area contributed by atoms with Gasteiger partial charge in [-0.05, 0) is 31.1 Å². The lowest BCUT2D eigenvalue weighted by molar-refractivity contribution is -0.385. The Bertz CT molecular complexity index is 418. The first-order valence-corrected chi connectivity index (χ1v) is 6.87. The maximum Gasteiger partial charge on any atom is 0.272 e. The van der Waals surface area contributed by atoms with Gasteiger partial charge in [0.2, 0.25) is 0 Å². The summed E-state index contributed by atoms with van der Waals surface area (Å²) in [7, 11) is 0. The smallest absolute Gasteiger partial charge is 0.258 e. The Balaban J connectivity index is 2.09. The second kappa shape index (κ2) is 5.17. The molecule has 1 aromatic carbocycles. The Hall–Kier alpha value is -0.900. The predicted molar refractivity (Wildman–Crippen MR) is 71.4 cm³/mol. The highest BCUT2D eigenvalue weighted by Gasteiger charge is 2.32. The fraction of sp³-hybridized carbons (Fsp3) is 0.538. The highest BCUT2D eigenvalue weighted by atomic mass is 79.9. The molecule has 92 valence electrons. The largest absolute Gasteiger partial charge is 0.272 e. The Morgan fingerprint density at radius 2 is 2.12 bits per heavy atom. The number of nitro benzene ring substituents is 1. The van der Waals surface area contributed by atoms with Gasteiger partial charge in [0.25, 0.3) is 5.69 Å². The summed E-state index contributed by atoms with van der Waals surface area (Å²) in [5.41, 5.74) is 1.06. The van der Waals surface area contributed by atoms with Gasteiger partial charge < -0.3 is 0 Å². The molecule has 0 heterocycles. The number of nitrogens with zero attached hydrogens (tertiary/aromatic N) is 1. The molecule has 1 fully saturated rings. The summed E-state index contributed by atoms with van der Waals surface area (Å²) in [6.07, 6.45) is 3.34. The fourth-order valence-electron chi connectivity index (χ4n) is 2.17. The van der Waals surface area contributed by atoms with Crippen LogP contribution in [0.2, 0.25) is 0 Å². The van der Waals surface area contributed by atoms with Crippen LogP contribution in [0.1, 0.15) is 25.3 Å². The van der Waals surface area contributed by atoms with Gasteiger partial charge in [-0.2, -0.15) is 0 Å². The van der Waals surface area contributed by atoms with Crippen molar-refractivity contribution in [2.75, 3.05) is 0 Å². The second-order valence-corrected chi connectivity index (χ2v) is 5.98. The molecule has 0 N–H and O–H groups in total. The molecule has 4 heteroatoms. The molecule has 0 aromatic heterocycles. The van der Waals surface area contributed by atoms with E-state index in [0.29, 0.717) is 10.7 Å². The summed E-state index contributed by atoms with van der Waals surface area (Å²) in [6, 6.07) is 7.02. The zero-order chi connectivity index (χ0) is 12.4. The Morgan fingerprint density at radius 1 is 1.47 bits per heavy atom. The average molecular weight is 298 g/mol. The summed E-state index contributed by atoms with van der Waals surface area (Å²) in [4.78, 5) is 10.9. The quantitative estimate of drug-likeness (QED) is 0.469. The SMILES string of the molecule is CC(C(Br)Cc1ccccc1[N+](=O)[O-])C1CC1. The summed E-state index contributed by atoms with van der Waals surface area (Å²) < 4.78 is 0. The molecule has 1 saturated carbocycles. The fourth-order valence-corrected chi connectivity index (χ4v) is 2.96. The number of nitro groups is 1.